The van der Waals surface area contributed by atoms with Crippen LogP contribution in [-0.4, -0.2) is 29.3 Å². The monoisotopic (exact) mass is 225 g/mol. The maximum absolute atomic E-state index is 11.5. The SMILES string of the molecule is CC1CN(C(C)(C)CC(C)(C)C)CCC1=O. The highest BCUT2D eigenvalue weighted by atomic mass is 16.1. The minimum atomic E-state index is 0.202. The Morgan fingerprint density at radius 2 is 1.81 bits per heavy atom. The minimum absolute atomic E-state index is 0.202. The molecule has 0 amide bonds. The van der Waals surface area contributed by atoms with Crippen molar-refractivity contribution in [2.75, 3.05) is 13.1 Å². The molecule has 1 aliphatic rings. The van der Waals surface area contributed by atoms with Gasteiger partial charge in [0.05, 0.1) is 0 Å². The largest absolute Gasteiger partial charge is 0.299 e. The van der Waals surface area contributed by atoms with Gasteiger partial charge in [-0.2, -0.15) is 0 Å². The third-order valence-electron chi connectivity index (χ3n) is 3.49. The molecular weight excluding hydrogens is 198 g/mol. The Balaban J connectivity index is 2.66. The van der Waals surface area contributed by atoms with Crippen molar-refractivity contribution in [3.8, 4) is 0 Å². The molecule has 0 aromatic heterocycles. The van der Waals surface area contributed by atoms with Crippen LogP contribution in [0.2, 0.25) is 0 Å². The fourth-order valence-corrected chi connectivity index (χ4v) is 2.97. The molecule has 94 valence electrons. The summed E-state index contributed by atoms with van der Waals surface area (Å²) in [5, 5.41) is 0. The molecule has 0 radical (unpaired) electrons. The van der Waals surface area contributed by atoms with E-state index in [1.165, 1.54) is 6.42 Å². The first-order valence-electron chi connectivity index (χ1n) is 6.40. The lowest BCUT2D eigenvalue weighted by Crippen LogP contribution is -2.52. The summed E-state index contributed by atoms with van der Waals surface area (Å²) in [6.45, 7) is 15.4. The summed E-state index contributed by atoms with van der Waals surface area (Å²) in [5.74, 6) is 0.649. The molecule has 0 aromatic rings. The molecule has 1 rings (SSSR count). The van der Waals surface area contributed by atoms with Crippen LogP contribution in [0.15, 0.2) is 0 Å². The zero-order valence-corrected chi connectivity index (χ0v) is 11.8. The highest BCUT2D eigenvalue weighted by Crippen LogP contribution is 2.33. The summed E-state index contributed by atoms with van der Waals surface area (Å²) in [5.41, 5.74) is 0.543. The van der Waals surface area contributed by atoms with E-state index in [9.17, 15) is 4.79 Å². The summed E-state index contributed by atoms with van der Waals surface area (Å²) in [6, 6.07) is 0. The number of rotatable bonds is 2. The average Bonchev–Trinajstić information content (AvgIpc) is 2.05. The number of nitrogens with zero attached hydrogens (tertiary/aromatic N) is 1. The number of hydrogen-bond acceptors (Lipinski definition) is 2. The van der Waals surface area contributed by atoms with Gasteiger partial charge < -0.3 is 0 Å². The van der Waals surface area contributed by atoms with Crippen LogP contribution in [0.5, 0.6) is 0 Å². The lowest BCUT2D eigenvalue weighted by Gasteiger charge is -2.45. The number of carbonyl (C=O) groups excluding carboxylic acids is 1. The molecule has 1 heterocycles. The molecule has 16 heavy (non-hydrogen) atoms. The van der Waals surface area contributed by atoms with Gasteiger partial charge in [-0.05, 0) is 25.7 Å². The highest BCUT2D eigenvalue weighted by Gasteiger charge is 2.35. The van der Waals surface area contributed by atoms with E-state index in [0.717, 1.165) is 19.5 Å². The topological polar surface area (TPSA) is 20.3 Å². The number of ketones is 1. The van der Waals surface area contributed by atoms with Gasteiger partial charge in [-0.1, -0.05) is 27.7 Å². The quantitative estimate of drug-likeness (QED) is 0.719. The number of hydrogen-bond donors (Lipinski definition) is 0. The van der Waals surface area contributed by atoms with Gasteiger partial charge in [0, 0.05) is 31.0 Å². The van der Waals surface area contributed by atoms with Crippen molar-refractivity contribution >= 4 is 5.78 Å². The molecule has 2 heteroatoms. The summed E-state index contributed by atoms with van der Waals surface area (Å²) in [7, 11) is 0. The van der Waals surface area contributed by atoms with E-state index in [4.69, 9.17) is 0 Å². The Morgan fingerprint density at radius 3 is 2.25 bits per heavy atom. The molecule has 1 fully saturated rings. The van der Waals surface area contributed by atoms with Crippen LogP contribution in [0.1, 0.15) is 54.4 Å². The van der Waals surface area contributed by atoms with Crippen LogP contribution in [-0.2, 0) is 4.79 Å². The van der Waals surface area contributed by atoms with Crippen LogP contribution in [0.4, 0.5) is 0 Å². The first-order valence-corrected chi connectivity index (χ1v) is 6.40. The van der Waals surface area contributed by atoms with Gasteiger partial charge in [-0.3, -0.25) is 9.69 Å². The molecular formula is C14H27NO. The first kappa shape index (κ1) is 13.7. The maximum atomic E-state index is 11.5. The van der Waals surface area contributed by atoms with E-state index in [2.05, 4.69) is 46.4 Å². The molecule has 0 aromatic carbocycles. The normalized spacial score (nSPS) is 24.9. The highest BCUT2D eigenvalue weighted by molar-refractivity contribution is 5.81. The van der Waals surface area contributed by atoms with Gasteiger partial charge in [0.25, 0.3) is 0 Å². The van der Waals surface area contributed by atoms with E-state index < -0.39 is 0 Å². The van der Waals surface area contributed by atoms with Gasteiger partial charge in [0.1, 0.15) is 5.78 Å². The van der Waals surface area contributed by atoms with Crippen molar-refractivity contribution < 1.29 is 4.79 Å². The molecule has 0 aliphatic carbocycles. The van der Waals surface area contributed by atoms with Crippen LogP contribution in [0, 0.1) is 11.3 Å². The number of Topliss-reactive ketones (excluding diaryl/α,β-unsaturated/α-hetero) is 1. The molecule has 1 atom stereocenters. The van der Waals surface area contributed by atoms with Gasteiger partial charge in [-0.15, -0.1) is 0 Å². The van der Waals surface area contributed by atoms with Crippen LogP contribution < -0.4 is 0 Å². The molecule has 1 aliphatic heterocycles. The zero-order valence-electron chi connectivity index (χ0n) is 11.8. The lowest BCUT2D eigenvalue weighted by molar-refractivity contribution is -0.127. The van der Waals surface area contributed by atoms with Gasteiger partial charge in [0.15, 0.2) is 0 Å². The molecule has 2 nitrogen and oxygen atoms in total. The molecule has 0 saturated carbocycles. The van der Waals surface area contributed by atoms with Gasteiger partial charge >= 0.3 is 0 Å². The van der Waals surface area contributed by atoms with E-state index in [1.807, 2.05) is 0 Å². The summed E-state index contributed by atoms with van der Waals surface area (Å²) >= 11 is 0. The smallest absolute Gasteiger partial charge is 0.138 e. The summed E-state index contributed by atoms with van der Waals surface area (Å²) < 4.78 is 0. The van der Waals surface area contributed by atoms with E-state index >= 15 is 0 Å². The first-order chi connectivity index (χ1) is 7.12. The van der Waals surface area contributed by atoms with Crippen LogP contribution in [0.3, 0.4) is 0 Å². The standard InChI is InChI=1S/C14H27NO/c1-11-9-15(8-7-12(11)16)14(5,6)10-13(2,3)4/h11H,7-10H2,1-6H3. The van der Waals surface area contributed by atoms with Crippen LogP contribution >= 0.6 is 0 Å². The van der Waals surface area contributed by atoms with Crippen molar-refractivity contribution in [1.29, 1.82) is 0 Å². The van der Waals surface area contributed by atoms with Crippen molar-refractivity contribution in [2.45, 2.75) is 59.9 Å². The second-order valence-electron chi connectivity index (χ2n) is 7.11. The second-order valence-corrected chi connectivity index (χ2v) is 7.11. The second kappa shape index (κ2) is 4.48. The Hall–Kier alpha value is -0.370. The summed E-state index contributed by atoms with van der Waals surface area (Å²) in [4.78, 5) is 14.0. The number of carbonyl (C=O) groups is 1. The third-order valence-corrected chi connectivity index (χ3v) is 3.49. The zero-order chi connectivity index (χ0) is 12.6. The molecule has 1 unspecified atom stereocenters. The third kappa shape index (κ3) is 3.58. The van der Waals surface area contributed by atoms with Gasteiger partial charge in [-0.25, -0.2) is 0 Å². The van der Waals surface area contributed by atoms with Gasteiger partial charge in [0.2, 0.25) is 0 Å². The van der Waals surface area contributed by atoms with Crippen molar-refractivity contribution in [2.24, 2.45) is 11.3 Å². The molecule has 1 saturated heterocycles. The van der Waals surface area contributed by atoms with E-state index in [1.54, 1.807) is 0 Å². The number of likely N-dealkylation sites (tertiary alicyclic amines) is 1. The van der Waals surface area contributed by atoms with Crippen molar-refractivity contribution in [1.82, 2.24) is 4.90 Å². The predicted octanol–water partition coefficient (Wildman–Crippen LogP) is 3.11. The number of piperidine rings is 1. The fraction of sp³-hybridized carbons (Fsp3) is 0.929. The Labute approximate surface area is 100 Å². The van der Waals surface area contributed by atoms with E-state index in [0.29, 0.717) is 11.2 Å². The Kier molecular flexibility index (Phi) is 3.83. The van der Waals surface area contributed by atoms with Crippen molar-refractivity contribution in [3.05, 3.63) is 0 Å². The fourth-order valence-electron chi connectivity index (χ4n) is 2.97. The predicted molar refractivity (Wildman–Crippen MR) is 68.5 cm³/mol. The maximum Gasteiger partial charge on any atom is 0.138 e. The van der Waals surface area contributed by atoms with Crippen molar-refractivity contribution in [3.63, 3.8) is 0 Å². The molecule has 0 bridgehead atoms. The Morgan fingerprint density at radius 1 is 1.25 bits per heavy atom. The summed E-state index contributed by atoms with van der Waals surface area (Å²) in [6.07, 6.45) is 1.90. The lowest BCUT2D eigenvalue weighted by atomic mass is 9.79. The molecule has 0 spiro atoms. The minimum Gasteiger partial charge on any atom is -0.299 e. The average molecular weight is 225 g/mol. The Bertz CT molecular complexity index is 262. The van der Waals surface area contributed by atoms with Crippen LogP contribution in [0.25, 0.3) is 0 Å². The molecule has 0 N–H and O–H groups in total. The van der Waals surface area contributed by atoms with E-state index in [-0.39, 0.29) is 11.5 Å².